The van der Waals surface area contributed by atoms with Gasteiger partial charge in [0.2, 0.25) is 9.47 Å². The number of nitrogens with zero attached hydrogens (tertiary/aromatic N) is 2. The van der Waals surface area contributed by atoms with E-state index >= 15 is 0 Å². The Hall–Kier alpha value is -2.04. The lowest BCUT2D eigenvalue weighted by atomic mass is 10.2. The Morgan fingerprint density at radius 1 is 1.04 bits per heavy atom. The molecule has 2 N–H and O–H groups in total. The van der Waals surface area contributed by atoms with E-state index in [1.807, 2.05) is 0 Å². The molecule has 0 radical (unpaired) electrons. The maximum absolute atomic E-state index is 12.3. The number of benzene rings is 2. The molecule has 0 unspecified atom stereocenters. The molecule has 7 nitrogen and oxygen atoms in total. The Bertz CT molecular complexity index is 1070. The van der Waals surface area contributed by atoms with Crippen LogP contribution in [0.3, 0.4) is 0 Å². The number of amides is 1. The van der Waals surface area contributed by atoms with Crippen LogP contribution in [0.2, 0.25) is 10.0 Å². The molecule has 3 aromatic rings. The van der Waals surface area contributed by atoms with Gasteiger partial charge in [0.05, 0.1) is 0 Å². The molecule has 0 bridgehead atoms. The second kappa shape index (κ2) is 8.32. The topological polar surface area (TPSA) is 101 Å². The monoisotopic (exact) mass is 442 g/mol. The van der Waals surface area contributed by atoms with Gasteiger partial charge in [-0.3, -0.25) is 10.1 Å². The van der Waals surface area contributed by atoms with Crippen LogP contribution in [-0.2, 0) is 16.6 Å². The van der Waals surface area contributed by atoms with Crippen LogP contribution in [0.1, 0.15) is 15.9 Å². The highest BCUT2D eigenvalue weighted by Gasteiger charge is 2.21. The fraction of sp³-hybridized carbons (Fsp3) is 0.0625. The maximum atomic E-state index is 12.3. The average Bonchev–Trinajstić information content (AvgIpc) is 3.11. The molecular formula is C16H12Cl2N4O3S2. The van der Waals surface area contributed by atoms with Crippen molar-refractivity contribution in [2.45, 2.75) is 10.9 Å². The van der Waals surface area contributed by atoms with Gasteiger partial charge in [0.25, 0.3) is 15.9 Å². The lowest BCUT2D eigenvalue weighted by molar-refractivity contribution is 0.102. The van der Waals surface area contributed by atoms with Gasteiger partial charge in [-0.15, -0.1) is 10.2 Å². The number of anilines is 1. The number of halogens is 2. The second-order valence-electron chi connectivity index (χ2n) is 5.25. The molecule has 1 heterocycles. The van der Waals surface area contributed by atoms with E-state index in [-0.39, 0.29) is 16.0 Å². The van der Waals surface area contributed by atoms with Crippen LogP contribution in [0.15, 0.2) is 52.9 Å². The summed E-state index contributed by atoms with van der Waals surface area (Å²) in [6.07, 6.45) is 0. The first kappa shape index (κ1) is 19.7. The van der Waals surface area contributed by atoms with Gasteiger partial charge in [-0.25, -0.2) is 13.1 Å². The van der Waals surface area contributed by atoms with E-state index in [2.05, 4.69) is 20.2 Å². The van der Waals surface area contributed by atoms with E-state index in [9.17, 15) is 13.2 Å². The minimum atomic E-state index is -3.89. The van der Waals surface area contributed by atoms with Crippen molar-refractivity contribution in [3.63, 3.8) is 0 Å². The van der Waals surface area contributed by atoms with Crippen molar-refractivity contribution in [3.05, 3.63) is 69.7 Å². The number of nitrogens with one attached hydrogen (secondary N) is 2. The third-order valence-electron chi connectivity index (χ3n) is 3.37. The van der Waals surface area contributed by atoms with Crippen molar-refractivity contribution in [2.75, 3.05) is 5.32 Å². The predicted molar refractivity (Wildman–Crippen MR) is 105 cm³/mol. The lowest BCUT2D eigenvalue weighted by Crippen LogP contribution is -2.23. The van der Waals surface area contributed by atoms with Gasteiger partial charge in [-0.2, -0.15) is 0 Å². The van der Waals surface area contributed by atoms with Gasteiger partial charge < -0.3 is 0 Å². The SMILES string of the molecule is O=C(Nc1nnc(S(=O)(=O)NCc2ccccc2Cl)s1)c1ccc(Cl)cc1. The number of hydrogen-bond donors (Lipinski definition) is 2. The van der Waals surface area contributed by atoms with Crippen molar-refractivity contribution < 1.29 is 13.2 Å². The number of aromatic nitrogens is 2. The minimum absolute atomic E-state index is 0.00799. The van der Waals surface area contributed by atoms with Crippen molar-refractivity contribution in [3.8, 4) is 0 Å². The summed E-state index contributed by atoms with van der Waals surface area (Å²) in [6, 6.07) is 13.1. The summed E-state index contributed by atoms with van der Waals surface area (Å²) in [5.74, 6) is -0.448. The van der Waals surface area contributed by atoms with Gasteiger partial charge >= 0.3 is 0 Å². The molecule has 0 saturated carbocycles. The van der Waals surface area contributed by atoms with Crippen LogP contribution in [0.25, 0.3) is 0 Å². The first-order chi connectivity index (χ1) is 12.8. The summed E-state index contributed by atoms with van der Waals surface area (Å²) in [4.78, 5) is 12.1. The minimum Gasteiger partial charge on any atom is -0.296 e. The standard InChI is InChI=1S/C16H12Cl2N4O3S2/c17-12-7-5-10(6-8-12)14(23)20-15-21-22-16(26-15)27(24,25)19-9-11-3-1-2-4-13(11)18/h1-8,19H,9H2,(H,20,21,23). The van der Waals surface area contributed by atoms with E-state index in [4.69, 9.17) is 23.2 Å². The van der Waals surface area contributed by atoms with Gasteiger partial charge in [0, 0.05) is 22.2 Å². The zero-order chi connectivity index (χ0) is 19.4. The normalized spacial score (nSPS) is 11.3. The predicted octanol–water partition coefficient (Wildman–Crippen LogP) is 3.58. The van der Waals surface area contributed by atoms with Crippen LogP contribution < -0.4 is 10.0 Å². The molecule has 0 spiro atoms. The van der Waals surface area contributed by atoms with Crippen LogP contribution in [0, 0.1) is 0 Å². The van der Waals surface area contributed by atoms with Crippen molar-refractivity contribution >= 4 is 55.6 Å². The number of rotatable bonds is 6. The zero-order valence-electron chi connectivity index (χ0n) is 13.5. The summed E-state index contributed by atoms with van der Waals surface area (Å²) in [6.45, 7) is 0.00799. The molecule has 0 saturated heterocycles. The van der Waals surface area contributed by atoms with Gasteiger partial charge in [-0.1, -0.05) is 52.7 Å². The first-order valence-corrected chi connectivity index (χ1v) is 10.5. The van der Waals surface area contributed by atoms with E-state index < -0.39 is 15.9 Å². The maximum Gasteiger partial charge on any atom is 0.270 e. The van der Waals surface area contributed by atoms with Crippen LogP contribution in [0.4, 0.5) is 5.13 Å². The largest absolute Gasteiger partial charge is 0.296 e. The molecule has 0 aliphatic heterocycles. The Labute approximate surface area is 169 Å². The summed E-state index contributed by atoms with van der Waals surface area (Å²) < 4.78 is 26.8. The third kappa shape index (κ3) is 5.02. The molecule has 0 aliphatic carbocycles. The molecule has 11 heteroatoms. The summed E-state index contributed by atoms with van der Waals surface area (Å²) in [7, 11) is -3.89. The van der Waals surface area contributed by atoms with E-state index in [1.54, 1.807) is 48.5 Å². The Morgan fingerprint density at radius 2 is 1.74 bits per heavy atom. The lowest BCUT2D eigenvalue weighted by Gasteiger charge is -2.05. The highest BCUT2D eigenvalue weighted by molar-refractivity contribution is 7.91. The zero-order valence-corrected chi connectivity index (χ0v) is 16.7. The Kier molecular flexibility index (Phi) is 6.08. The van der Waals surface area contributed by atoms with E-state index in [0.717, 1.165) is 11.3 Å². The summed E-state index contributed by atoms with van der Waals surface area (Å²) in [5.41, 5.74) is 0.986. The molecule has 0 atom stereocenters. The van der Waals surface area contributed by atoms with Crippen LogP contribution in [-0.4, -0.2) is 24.5 Å². The smallest absolute Gasteiger partial charge is 0.270 e. The summed E-state index contributed by atoms with van der Waals surface area (Å²) in [5, 5.41) is 10.9. The molecule has 27 heavy (non-hydrogen) atoms. The molecule has 2 aromatic carbocycles. The summed E-state index contributed by atoms with van der Waals surface area (Å²) >= 11 is 12.5. The average molecular weight is 443 g/mol. The Balaban J connectivity index is 1.67. The fourth-order valence-electron chi connectivity index (χ4n) is 2.02. The van der Waals surface area contributed by atoms with E-state index in [1.165, 1.54) is 0 Å². The highest BCUT2D eigenvalue weighted by Crippen LogP contribution is 2.22. The van der Waals surface area contributed by atoms with E-state index in [0.29, 0.717) is 21.2 Å². The van der Waals surface area contributed by atoms with Crippen LogP contribution >= 0.6 is 34.5 Å². The van der Waals surface area contributed by atoms with Crippen LogP contribution in [0.5, 0.6) is 0 Å². The fourth-order valence-corrected chi connectivity index (χ4v) is 4.29. The molecule has 140 valence electrons. The van der Waals surface area contributed by atoms with Gasteiger partial charge in [0.1, 0.15) is 0 Å². The molecular weight excluding hydrogens is 431 g/mol. The molecule has 0 aliphatic rings. The van der Waals surface area contributed by atoms with Crippen molar-refractivity contribution in [2.24, 2.45) is 0 Å². The molecule has 1 amide bonds. The quantitative estimate of drug-likeness (QED) is 0.568. The molecule has 3 rings (SSSR count). The Morgan fingerprint density at radius 3 is 2.44 bits per heavy atom. The number of carbonyl (C=O) groups excluding carboxylic acids is 1. The number of hydrogen-bond acceptors (Lipinski definition) is 6. The van der Waals surface area contributed by atoms with Crippen molar-refractivity contribution in [1.82, 2.24) is 14.9 Å². The van der Waals surface area contributed by atoms with Gasteiger partial charge in [-0.05, 0) is 35.9 Å². The number of sulfonamides is 1. The molecule has 0 fully saturated rings. The second-order valence-corrected chi connectivity index (χ2v) is 9.01. The molecule has 1 aromatic heterocycles. The van der Waals surface area contributed by atoms with Crippen molar-refractivity contribution in [1.29, 1.82) is 0 Å². The highest BCUT2D eigenvalue weighted by atomic mass is 35.5. The number of carbonyl (C=O) groups is 1. The third-order valence-corrected chi connectivity index (χ3v) is 6.60. The van der Waals surface area contributed by atoms with Gasteiger partial charge in [0.15, 0.2) is 0 Å². The first-order valence-electron chi connectivity index (χ1n) is 7.48.